The maximum atomic E-state index is 5.76. The van der Waals surface area contributed by atoms with Crippen LogP contribution in [-0.4, -0.2) is 43.8 Å². The van der Waals surface area contributed by atoms with Crippen molar-refractivity contribution in [2.24, 2.45) is 10.9 Å². The fourth-order valence-corrected chi connectivity index (χ4v) is 3.24. The van der Waals surface area contributed by atoms with Crippen LogP contribution in [0.3, 0.4) is 0 Å². The lowest BCUT2D eigenvalue weighted by molar-refractivity contribution is 0.0258. The second kappa shape index (κ2) is 12.9. The van der Waals surface area contributed by atoms with Crippen molar-refractivity contribution in [3.8, 4) is 0 Å². The molecule has 1 aromatic rings. The van der Waals surface area contributed by atoms with Gasteiger partial charge in [0.05, 0.1) is 16.8 Å². The topological polar surface area (TPSA) is 58.5 Å². The largest absolute Gasteiger partial charge is 0.378 e. The Balaban J connectivity index is 0.00000529. The molecule has 2 N–H and O–H groups in total. The van der Waals surface area contributed by atoms with E-state index in [1.807, 2.05) is 6.92 Å². The second-order valence-electron chi connectivity index (χ2n) is 5.95. The lowest BCUT2D eigenvalue weighted by Crippen LogP contribution is -2.40. The molecule has 0 amide bonds. The molecule has 0 saturated heterocycles. The van der Waals surface area contributed by atoms with Gasteiger partial charge >= 0.3 is 0 Å². The molecule has 7 heteroatoms. The van der Waals surface area contributed by atoms with Gasteiger partial charge in [0.2, 0.25) is 0 Å². The Morgan fingerprint density at radius 3 is 2.42 bits per heavy atom. The first kappa shape index (κ1) is 23.6. The zero-order chi connectivity index (χ0) is 17.2. The highest BCUT2D eigenvalue weighted by molar-refractivity contribution is 14.0. The van der Waals surface area contributed by atoms with E-state index < -0.39 is 0 Å². The van der Waals surface area contributed by atoms with Gasteiger partial charge in [-0.15, -0.1) is 35.3 Å². The summed E-state index contributed by atoms with van der Waals surface area (Å²) in [5.74, 6) is 1.37. The molecule has 0 aliphatic heterocycles. The molecule has 0 saturated carbocycles. The number of guanidine groups is 1. The van der Waals surface area contributed by atoms with Crippen molar-refractivity contribution in [3.63, 3.8) is 0 Å². The fraction of sp³-hybridized carbons (Fsp3) is 0.765. The molecule has 24 heavy (non-hydrogen) atoms. The summed E-state index contributed by atoms with van der Waals surface area (Å²) in [6.45, 7) is 13.1. The molecular formula is C17H33IN4OS. The molecule has 0 aromatic carbocycles. The molecule has 0 aliphatic carbocycles. The van der Waals surface area contributed by atoms with Crippen LogP contribution in [0.25, 0.3) is 0 Å². The monoisotopic (exact) mass is 468 g/mol. The van der Waals surface area contributed by atoms with Crippen LogP contribution in [0, 0.1) is 19.8 Å². The van der Waals surface area contributed by atoms with Crippen LogP contribution in [0.1, 0.15) is 42.8 Å². The van der Waals surface area contributed by atoms with Gasteiger partial charge in [-0.3, -0.25) is 4.99 Å². The van der Waals surface area contributed by atoms with Crippen LogP contribution >= 0.6 is 35.3 Å². The number of nitrogens with zero attached hydrogens (tertiary/aromatic N) is 2. The van der Waals surface area contributed by atoms with Gasteiger partial charge in [-0.05, 0) is 33.1 Å². The van der Waals surface area contributed by atoms with Crippen molar-refractivity contribution in [2.45, 2.75) is 53.6 Å². The molecule has 0 radical (unpaired) electrons. The molecular weight excluding hydrogens is 435 g/mol. The van der Waals surface area contributed by atoms with Crippen molar-refractivity contribution in [1.82, 2.24) is 15.6 Å². The molecule has 0 fully saturated rings. The lowest BCUT2D eigenvalue weighted by atomic mass is 10.0. The highest BCUT2D eigenvalue weighted by Gasteiger charge is 2.13. The predicted octanol–water partition coefficient (Wildman–Crippen LogP) is 3.54. The summed E-state index contributed by atoms with van der Waals surface area (Å²) < 4.78 is 5.76. The zero-order valence-electron chi connectivity index (χ0n) is 15.8. The van der Waals surface area contributed by atoms with Gasteiger partial charge in [0, 0.05) is 38.0 Å². The van der Waals surface area contributed by atoms with E-state index in [4.69, 9.17) is 4.74 Å². The predicted molar refractivity (Wildman–Crippen MR) is 115 cm³/mol. The van der Waals surface area contributed by atoms with Crippen LogP contribution in [-0.2, 0) is 11.2 Å². The van der Waals surface area contributed by atoms with Gasteiger partial charge in [0.15, 0.2) is 5.96 Å². The van der Waals surface area contributed by atoms with Crippen molar-refractivity contribution in [2.75, 3.05) is 26.7 Å². The fourth-order valence-electron chi connectivity index (χ4n) is 2.31. The summed E-state index contributed by atoms with van der Waals surface area (Å²) in [4.78, 5) is 10.1. The Kier molecular flexibility index (Phi) is 12.7. The average molecular weight is 468 g/mol. The number of nitrogens with one attached hydrogen (secondary N) is 2. The van der Waals surface area contributed by atoms with Crippen molar-refractivity contribution in [1.29, 1.82) is 0 Å². The van der Waals surface area contributed by atoms with Crippen LogP contribution in [0.15, 0.2) is 4.99 Å². The summed E-state index contributed by atoms with van der Waals surface area (Å²) >= 11 is 1.78. The number of hydrogen-bond donors (Lipinski definition) is 2. The Morgan fingerprint density at radius 2 is 1.92 bits per heavy atom. The van der Waals surface area contributed by atoms with Crippen LogP contribution in [0.5, 0.6) is 0 Å². The van der Waals surface area contributed by atoms with Crippen molar-refractivity contribution in [3.05, 3.63) is 15.6 Å². The number of aliphatic imine (C=N–C) groups is 1. The highest BCUT2D eigenvalue weighted by Crippen LogP contribution is 2.16. The quantitative estimate of drug-likeness (QED) is 0.331. The Morgan fingerprint density at radius 1 is 1.25 bits per heavy atom. The second-order valence-corrected chi connectivity index (χ2v) is 7.24. The molecule has 1 unspecified atom stereocenters. The highest BCUT2D eigenvalue weighted by atomic mass is 127. The molecule has 140 valence electrons. The number of aryl methyl sites for hydroxylation is 2. The third-order valence-corrected chi connectivity index (χ3v) is 4.91. The van der Waals surface area contributed by atoms with E-state index in [9.17, 15) is 0 Å². The molecule has 1 aromatic heterocycles. The Hall–Kier alpha value is -0.410. The first-order chi connectivity index (χ1) is 11.0. The number of thiazole rings is 1. The molecule has 1 rings (SSSR count). The SMILES string of the molecule is CCOC(CCNC(=NC)NCCc1nc(C)c(C)s1)C(C)C.I. The minimum Gasteiger partial charge on any atom is -0.378 e. The van der Waals surface area contributed by atoms with E-state index in [1.54, 1.807) is 18.4 Å². The summed E-state index contributed by atoms with van der Waals surface area (Å²) in [6.07, 6.45) is 2.21. The number of hydrogen-bond acceptors (Lipinski definition) is 4. The van der Waals surface area contributed by atoms with Gasteiger partial charge < -0.3 is 15.4 Å². The maximum absolute atomic E-state index is 5.76. The van der Waals surface area contributed by atoms with Crippen LogP contribution in [0.2, 0.25) is 0 Å². The Labute approximate surface area is 168 Å². The van der Waals surface area contributed by atoms with E-state index in [1.165, 1.54) is 9.88 Å². The smallest absolute Gasteiger partial charge is 0.190 e. The number of halogens is 1. The number of aromatic nitrogens is 1. The average Bonchev–Trinajstić information content (AvgIpc) is 2.82. The Bertz CT molecular complexity index is 471. The summed E-state index contributed by atoms with van der Waals surface area (Å²) in [5, 5.41) is 7.88. The summed E-state index contributed by atoms with van der Waals surface area (Å²) in [6, 6.07) is 0. The molecule has 1 atom stereocenters. The standard InChI is InChI=1S/C17H32N4OS.HI/c1-7-22-15(12(2)3)8-10-19-17(18-6)20-11-9-16-21-13(4)14(5)23-16;/h12,15H,7-11H2,1-6H3,(H2,18,19,20);1H. The normalized spacial score (nSPS) is 12.9. The third-order valence-electron chi connectivity index (χ3n) is 3.77. The van der Waals surface area contributed by atoms with Gasteiger partial charge in [0.25, 0.3) is 0 Å². The van der Waals surface area contributed by atoms with E-state index in [0.717, 1.165) is 44.2 Å². The van der Waals surface area contributed by atoms with Crippen molar-refractivity contribution >= 4 is 41.3 Å². The molecule has 0 aliphatic rings. The van der Waals surface area contributed by atoms with Gasteiger partial charge in [-0.1, -0.05) is 13.8 Å². The van der Waals surface area contributed by atoms with E-state index in [-0.39, 0.29) is 24.0 Å². The summed E-state index contributed by atoms with van der Waals surface area (Å²) in [7, 11) is 1.80. The summed E-state index contributed by atoms with van der Waals surface area (Å²) in [5.41, 5.74) is 1.14. The van der Waals surface area contributed by atoms with Crippen molar-refractivity contribution < 1.29 is 4.74 Å². The molecule has 0 bridgehead atoms. The first-order valence-corrected chi connectivity index (χ1v) is 9.28. The lowest BCUT2D eigenvalue weighted by Gasteiger charge is -2.21. The molecule has 1 heterocycles. The zero-order valence-corrected chi connectivity index (χ0v) is 19.0. The van der Waals surface area contributed by atoms with Crippen LogP contribution < -0.4 is 10.6 Å². The van der Waals surface area contributed by atoms with Gasteiger partial charge in [-0.2, -0.15) is 0 Å². The minimum atomic E-state index is 0. The maximum Gasteiger partial charge on any atom is 0.190 e. The minimum absolute atomic E-state index is 0. The van der Waals surface area contributed by atoms with E-state index in [2.05, 4.69) is 48.3 Å². The molecule has 0 spiro atoms. The van der Waals surface area contributed by atoms with E-state index >= 15 is 0 Å². The first-order valence-electron chi connectivity index (χ1n) is 8.46. The van der Waals surface area contributed by atoms with Gasteiger partial charge in [-0.25, -0.2) is 4.98 Å². The van der Waals surface area contributed by atoms with E-state index in [0.29, 0.717) is 12.0 Å². The third kappa shape index (κ3) is 8.62. The number of ether oxygens (including phenoxy) is 1. The van der Waals surface area contributed by atoms with Crippen LogP contribution in [0.4, 0.5) is 0 Å². The number of rotatable bonds is 9. The molecule has 5 nitrogen and oxygen atoms in total. The van der Waals surface area contributed by atoms with Gasteiger partial charge in [0.1, 0.15) is 0 Å².